The number of aliphatic hydroxyl groups is 1. The van der Waals surface area contributed by atoms with Crippen LogP contribution in [0.25, 0.3) is 15.8 Å². The summed E-state index contributed by atoms with van der Waals surface area (Å²) in [7, 11) is 1.36. The molecule has 0 saturated carbocycles. The molecule has 27 heavy (non-hydrogen) atoms. The van der Waals surface area contributed by atoms with Gasteiger partial charge in [0.05, 0.1) is 35.9 Å². The van der Waals surface area contributed by atoms with E-state index in [9.17, 15) is 9.90 Å². The summed E-state index contributed by atoms with van der Waals surface area (Å²) >= 11 is 1.46. The first kappa shape index (κ1) is 17.2. The van der Waals surface area contributed by atoms with Crippen molar-refractivity contribution < 1.29 is 14.6 Å². The van der Waals surface area contributed by atoms with Gasteiger partial charge >= 0.3 is 5.97 Å². The number of hydrogen-bond acceptors (Lipinski definition) is 6. The highest BCUT2D eigenvalue weighted by atomic mass is 32.1. The molecule has 1 aromatic heterocycles. The number of benzene rings is 2. The minimum absolute atomic E-state index is 0.137. The molecule has 0 saturated heterocycles. The molecule has 0 amide bonds. The lowest BCUT2D eigenvalue weighted by molar-refractivity contribution is -0.139. The molecule has 7 heteroatoms. The van der Waals surface area contributed by atoms with Gasteiger partial charge in [-0.1, -0.05) is 24.3 Å². The fourth-order valence-corrected chi connectivity index (χ4v) is 4.07. The van der Waals surface area contributed by atoms with Gasteiger partial charge in [-0.2, -0.15) is 0 Å². The molecule has 2 aromatic carbocycles. The van der Waals surface area contributed by atoms with Crippen LogP contribution in [0.15, 0.2) is 54.3 Å². The summed E-state index contributed by atoms with van der Waals surface area (Å²) in [6.45, 7) is 0.223. The number of methoxy groups -OCH3 is 1. The third-order valence-electron chi connectivity index (χ3n) is 4.44. The fraction of sp³-hybridized carbons (Fsp3) is 0.150. The Bertz CT molecular complexity index is 1040. The molecule has 4 rings (SSSR count). The maximum Gasteiger partial charge on any atom is 0.309 e. The van der Waals surface area contributed by atoms with E-state index in [1.54, 1.807) is 4.90 Å². The SMILES string of the molecule is COC(=O)Cc1ccc(N2CC(O)=C(c3nc4ccccc4s3)C2=N)cc1. The zero-order chi connectivity index (χ0) is 19.0. The van der Waals surface area contributed by atoms with E-state index in [1.165, 1.54) is 18.4 Å². The smallest absolute Gasteiger partial charge is 0.309 e. The van der Waals surface area contributed by atoms with Crippen LogP contribution in [-0.2, 0) is 16.0 Å². The monoisotopic (exact) mass is 379 g/mol. The third-order valence-corrected chi connectivity index (χ3v) is 5.49. The molecule has 0 aliphatic carbocycles. The van der Waals surface area contributed by atoms with Gasteiger partial charge in [0, 0.05) is 5.69 Å². The molecular formula is C20H17N3O3S. The summed E-state index contributed by atoms with van der Waals surface area (Å²) in [4.78, 5) is 17.7. The van der Waals surface area contributed by atoms with E-state index in [4.69, 9.17) is 5.41 Å². The molecule has 2 heterocycles. The number of aromatic nitrogens is 1. The Labute approximate surface area is 159 Å². The molecule has 1 aliphatic rings. The van der Waals surface area contributed by atoms with Crippen molar-refractivity contribution in [2.24, 2.45) is 0 Å². The number of para-hydroxylation sites is 1. The molecule has 0 spiro atoms. The van der Waals surface area contributed by atoms with Crippen molar-refractivity contribution in [3.05, 3.63) is 64.9 Å². The number of rotatable bonds is 4. The minimum Gasteiger partial charge on any atom is -0.510 e. The largest absolute Gasteiger partial charge is 0.510 e. The number of esters is 1. The Kier molecular flexibility index (Phi) is 4.37. The first-order chi connectivity index (χ1) is 13.1. The third kappa shape index (κ3) is 3.17. The zero-order valence-corrected chi connectivity index (χ0v) is 15.4. The molecule has 0 atom stereocenters. The minimum atomic E-state index is -0.297. The summed E-state index contributed by atoms with van der Waals surface area (Å²) in [6, 6.07) is 15.1. The number of carbonyl (C=O) groups excluding carboxylic acids is 1. The van der Waals surface area contributed by atoms with Crippen molar-refractivity contribution in [3.8, 4) is 0 Å². The Hall–Kier alpha value is -3.19. The summed E-state index contributed by atoms with van der Waals surface area (Å²) in [5, 5.41) is 19.7. The lowest BCUT2D eigenvalue weighted by Crippen LogP contribution is -2.26. The van der Waals surface area contributed by atoms with Gasteiger partial charge in [0.2, 0.25) is 0 Å². The Balaban J connectivity index is 1.59. The predicted molar refractivity (Wildman–Crippen MR) is 106 cm³/mol. The maximum atomic E-state index is 11.4. The lowest BCUT2D eigenvalue weighted by Gasteiger charge is -2.18. The molecule has 0 bridgehead atoms. The highest BCUT2D eigenvalue weighted by molar-refractivity contribution is 7.19. The van der Waals surface area contributed by atoms with Crippen molar-refractivity contribution in [1.29, 1.82) is 5.41 Å². The van der Waals surface area contributed by atoms with Crippen molar-refractivity contribution in [3.63, 3.8) is 0 Å². The Morgan fingerprint density at radius 3 is 2.70 bits per heavy atom. The van der Waals surface area contributed by atoms with Gasteiger partial charge in [0.1, 0.15) is 16.6 Å². The second-order valence-electron chi connectivity index (χ2n) is 6.16. The number of thiazole rings is 1. The molecule has 2 N–H and O–H groups in total. The fourth-order valence-electron chi connectivity index (χ4n) is 3.04. The van der Waals surface area contributed by atoms with Crippen LogP contribution in [0, 0.1) is 5.41 Å². The quantitative estimate of drug-likeness (QED) is 0.674. The van der Waals surface area contributed by atoms with Crippen molar-refractivity contribution in [1.82, 2.24) is 4.98 Å². The second-order valence-corrected chi connectivity index (χ2v) is 7.19. The van der Waals surface area contributed by atoms with Gasteiger partial charge in [-0.3, -0.25) is 10.2 Å². The first-order valence-electron chi connectivity index (χ1n) is 8.37. The van der Waals surface area contributed by atoms with Crippen molar-refractivity contribution in [2.75, 3.05) is 18.6 Å². The number of carbonyl (C=O) groups is 1. The molecule has 6 nitrogen and oxygen atoms in total. The van der Waals surface area contributed by atoms with Gasteiger partial charge in [0.25, 0.3) is 0 Å². The van der Waals surface area contributed by atoms with E-state index in [-0.39, 0.29) is 30.5 Å². The van der Waals surface area contributed by atoms with E-state index in [0.29, 0.717) is 10.6 Å². The molecule has 0 radical (unpaired) electrons. The van der Waals surface area contributed by atoms with Gasteiger partial charge in [-0.05, 0) is 29.8 Å². The van der Waals surface area contributed by atoms with Crippen molar-refractivity contribution in [2.45, 2.75) is 6.42 Å². The van der Waals surface area contributed by atoms with E-state index in [0.717, 1.165) is 21.5 Å². The Morgan fingerprint density at radius 1 is 1.26 bits per heavy atom. The predicted octanol–water partition coefficient (Wildman–Crippen LogP) is 3.78. The Morgan fingerprint density at radius 2 is 2.00 bits per heavy atom. The molecule has 0 fully saturated rings. The average molecular weight is 379 g/mol. The number of nitrogens with one attached hydrogen (secondary N) is 1. The molecule has 0 unspecified atom stereocenters. The standard InChI is InChI=1S/C20H17N3O3S/c1-26-17(25)10-12-6-8-13(9-7-12)23-11-15(24)18(19(23)21)20-22-14-4-2-3-5-16(14)27-20/h2-9,21,24H,10-11H2,1H3. The number of ether oxygens (including phenoxy) is 1. The van der Waals surface area contributed by atoms with E-state index in [1.807, 2.05) is 48.5 Å². The number of anilines is 1. The summed E-state index contributed by atoms with van der Waals surface area (Å²) in [5.41, 5.74) is 2.93. The lowest BCUT2D eigenvalue weighted by atomic mass is 10.1. The average Bonchev–Trinajstić information content (AvgIpc) is 3.22. The van der Waals surface area contributed by atoms with Crippen LogP contribution in [0.2, 0.25) is 0 Å². The summed E-state index contributed by atoms with van der Waals surface area (Å²) in [6.07, 6.45) is 0.203. The van der Waals surface area contributed by atoms with Crippen LogP contribution < -0.4 is 4.90 Å². The number of amidine groups is 1. The van der Waals surface area contributed by atoms with E-state index >= 15 is 0 Å². The second kappa shape index (κ2) is 6.85. The van der Waals surface area contributed by atoms with Crippen LogP contribution in [0.4, 0.5) is 5.69 Å². The molecular weight excluding hydrogens is 362 g/mol. The maximum absolute atomic E-state index is 11.4. The van der Waals surface area contributed by atoms with E-state index in [2.05, 4.69) is 9.72 Å². The van der Waals surface area contributed by atoms with Crippen LogP contribution in [-0.4, -0.2) is 35.5 Å². The number of nitrogens with zero attached hydrogens (tertiary/aromatic N) is 2. The van der Waals surface area contributed by atoms with Crippen LogP contribution in [0.1, 0.15) is 10.6 Å². The number of fused-ring (bicyclic) bond motifs is 1. The van der Waals surface area contributed by atoms with Gasteiger partial charge in [-0.25, -0.2) is 4.98 Å². The van der Waals surface area contributed by atoms with Crippen LogP contribution >= 0.6 is 11.3 Å². The molecule has 3 aromatic rings. The normalized spacial score (nSPS) is 14.3. The zero-order valence-electron chi connectivity index (χ0n) is 14.6. The van der Waals surface area contributed by atoms with Crippen LogP contribution in [0.5, 0.6) is 0 Å². The molecule has 136 valence electrons. The van der Waals surface area contributed by atoms with Gasteiger partial charge in [-0.15, -0.1) is 11.3 Å². The highest BCUT2D eigenvalue weighted by Gasteiger charge is 2.31. The van der Waals surface area contributed by atoms with Crippen molar-refractivity contribution >= 4 is 44.6 Å². The summed E-state index contributed by atoms with van der Waals surface area (Å²) in [5.74, 6) is 0.0547. The van der Waals surface area contributed by atoms with Crippen LogP contribution in [0.3, 0.4) is 0 Å². The topological polar surface area (TPSA) is 86.5 Å². The molecule has 1 aliphatic heterocycles. The highest BCUT2D eigenvalue weighted by Crippen LogP contribution is 2.35. The van der Waals surface area contributed by atoms with Gasteiger partial charge in [0.15, 0.2) is 0 Å². The van der Waals surface area contributed by atoms with Gasteiger partial charge < -0.3 is 14.7 Å². The summed E-state index contributed by atoms with van der Waals surface area (Å²) < 4.78 is 5.69. The first-order valence-corrected chi connectivity index (χ1v) is 9.18. The van der Waals surface area contributed by atoms with E-state index < -0.39 is 0 Å². The number of aliphatic hydroxyl groups excluding tert-OH is 1. The number of hydrogen-bond donors (Lipinski definition) is 2.